The lowest BCUT2D eigenvalue weighted by atomic mass is 9.82. The van der Waals surface area contributed by atoms with Crippen molar-refractivity contribution >= 4 is 5.69 Å². The minimum Gasteiger partial charge on any atom is -0.470 e. The Morgan fingerprint density at radius 3 is 2.95 bits per heavy atom. The molecule has 4 heteroatoms. The zero-order valence-corrected chi connectivity index (χ0v) is 11.4. The summed E-state index contributed by atoms with van der Waals surface area (Å²) < 4.78 is 11.2. The third kappa shape index (κ3) is 1.39. The number of aryl methyl sites for hydroxylation is 1. The summed E-state index contributed by atoms with van der Waals surface area (Å²) in [4.78, 5) is 14.3. The van der Waals surface area contributed by atoms with Crippen LogP contribution in [-0.4, -0.2) is 13.3 Å². The van der Waals surface area contributed by atoms with Crippen molar-refractivity contribution in [3.05, 3.63) is 57.6 Å². The predicted octanol–water partition coefficient (Wildman–Crippen LogP) is 2.64. The van der Waals surface area contributed by atoms with Gasteiger partial charge in [-0.05, 0) is 18.6 Å². The first kappa shape index (κ1) is 11.6. The lowest BCUT2D eigenvalue weighted by Crippen LogP contribution is -2.46. The van der Waals surface area contributed by atoms with Crippen molar-refractivity contribution < 1.29 is 9.15 Å². The quantitative estimate of drug-likeness (QED) is 0.737. The molecule has 4 nitrogen and oxygen atoms in total. The molecule has 2 bridgehead atoms. The Kier molecular flexibility index (Phi) is 2.25. The molecule has 3 heterocycles. The number of fused-ring (bicyclic) bond motifs is 6. The number of para-hydroxylation sites is 1. The highest BCUT2D eigenvalue weighted by molar-refractivity contribution is 5.62. The van der Waals surface area contributed by atoms with Gasteiger partial charge in [0.25, 0.3) is 0 Å². The minimum absolute atomic E-state index is 0.0251. The molecule has 0 amide bonds. The Balaban J connectivity index is 2.02. The van der Waals surface area contributed by atoms with Crippen LogP contribution in [0.1, 0.15) is 29.0 Å². The van der Waals surface area contributed by atoms with Gasteiger partial charge in [-0.1, -0.05) is 18.2 Å². The fraction of sp³-hybridized carbons (Fsp3) is 0.312. The van der Waals surface area contributed by atoms with Crippen molar-refractivity contribution in [3.8, 4) is 5.75 Å². The number of benzene rings is 1. The lowest BCUT2D eigenvalue weighted by molar-refractivity contribution is 0.152. The maximum Gasteiger partial charge on any atom is 0.343 e. The van der Waals surface area contributed by atoms with Crippen LogP contribution in [0.4, 0.5) is 5.69 Å². The molecule has 1 aromatic carbocycles. The normalized spacial score (nSPS) is 22.8. The Hall–Kier alpha value is -2.23. The van der Waals surface area contributed by atoms with E-state index in [9.17, 15) is 4.79 Å². The van der Waals surface area contributed by atoms with Crippen LogP contribution in [0, 0.1) is 6.92 Å². The number of rotatable bonds is 0. The van der Waals surface area contributed by atoms with E-state index in [2.05, 4.69) is 17.0 Å². The van der Waals surface area contributed by atoms with Crippen LogP contribution in [0.2, 0.25) is 0 Å². The monoisotopic (exact) mass is 269 g/mol. The highest BCUT2D eigenvalue weighted by Crippen LogP contribution is 2.47. The van der Waals surface area contributed by atoms with Gasteiger partial charge in [0, 0.05) is 30.6 Å². The number of nitrogens with zero attached hydrogens (tertiary/aromatic N) is 1. The molecule has 0 aliphatic carbocycles. The smallest absolute Gasteiger partial charge is 0.343 e. The van der Waals surface area contributed by atoms with Crippen molar-refractivity contribution in [1.29, 1.82) is 0 Å². The molecular formula is C16H15NO3. The van der Waals surface area contributed by atoms with Crippen molar-refractivity contribution in [2.75, 3.05) is 11.9 Å². The lowest BCUT2D eigenvalue weighted by Gasteiger charge is -2.43. The Bertz CT molecular complexity index is 750. The standard InChI is InChI=1S/C16H15NO3/c1-9-8-19-16(18)14-11-7-13(20-15(9)14)17(2)12-6-4-3-5-10(11)12/h3-6,8,11,13H,7H2,1-2H3. The first-order chi connectivity index (χ1) is 9.66. The van der Waals surface area contributed by atoms with E-state index in [0.29, 0.717) is 11.3 Å². The second-order valence-electron chi connectivity index (χ2n) is 5.48. The minimum atomic E-state index is -0.284. The summed E-state index contributed by atoms with van der Waals surface area (Å²) in [5, 5.41) is 0. The third-order valence-corrected chi connectivity index (χ3v) is 4.33. The molecule has 2 atom stereocenters. The van der Waals surface area contributed by atoms with Gasteiger partial charge in [-0.25, -0.2) is 4.79 Å². The summed E-state index contributed by atoms with van der Waals surface area (Å²) in [6, 6.07) is 8.18. The fourth-order valence-corrected chi connectivity index (χ4v) is 3.30. The summed E-state index contributed by atoms with van der Waals surface area (Å²) in [6.07, 6.45) is 2.24. The van der Waals surface area contributed by atoms with Gasteiger partial charge in [0.2, 0.25) is 0 Å². The number of anilines is 1. The van der Waals surface area contributed by atoms with Gasteiger partial charge in [0.15, 0.2) is 6.23 Å². The van der Waals surface area contributed by atoms with E-state index in [-0.39, 0.29) is 17.8 Å². The Morgan fingerprint density at radius 2 is 2.10 bits per heavy atom. The molecule has 20 heavy (non-hydrogen) atoms. The van der Waals surface area contributed by atoms with Gasteiger partial charge >= 0.3 is 5.63 Å². The van der Waals surface area contributed by atoms with Gasteiger partial charge in [-0.2, -0.15) is 0 Å². The molecule has 0 saturated heterocycles. The molecule has 4 rings (SSSR count). The van der Waals surface area contributed by atoms with Gasteiger partial charge in [0.1, 0.15) is 12.0 Å². The van der Waals surface area contributed by atoms with Gasteiger partial charge in [-0.15, -0.1) is 0 Å². The molecule has 2 aromatic rings. The zero-order valence-electron chi connectivity index (χ0n) is 11.4. The molecule has 0 saturated carbocycles. The molecular weight excluding hydrogens is 254 g/mol. The molecule has 0 radical (unpaired) electrons. The molecule has 0 N–H and O–H groups in total. The first-order valence-electron chi connectivity index (χ1n) is 6.77. The Labute approximate surface area is 116 Å². The molecule has 2 unspecified atom stereocenters. The topological polar surface area (TPSA) is 42.7 Å². The summed E-state index contributed by atoms with van der Waals surface area (Å²) in [7, 11) is 2.03. The van der Waals surface area contributed by atoms with Crippen LogP contribution in [0.3, 0.4) is 0 Å². The van der Waals surface area contributed by atoms with E-state index in [4.69, 9.17) is 9.15 Å². The van der Waals surface area contributed by atoms with Crippen LogP contribution < -0.4 is 15.3 Å². The first-order valence-corrected chi connectivity index (χ1v) is 6.77. The molecule has 102 valence electrons. The van der Waals surface area contributed by atoms with E-state index < -0.39 is 0 Å². The third-order valence-electron chi connectivity index (χ3n) is 4.33. The van der Waals surface area contributed by atoms with Gasteiger partial charge in [0.05, 0.1) is 5.56 Å². The maximum absolute atomic E-state index is 12.1. The van der Waals surface area contributed by atoms with Crippen LogP contribution in [0.15, 0.2) is 39.7 Å². The van der Waals surface area contributed by atoms with Crippen LogP contribution in [-0.2, 0) is 0 Å². The average Bonchev–Trinajstić information content (AvgIpc) is 2.48. The van der Waals surface area contributed by atoms with E-state index in [0.717, 1.165) is 17.7 Å². The van der Waals surface area contributed by atoms with Gasteiger partial charge in [-0.3, -0.25) is 0 Å². The zero-order chi connectivity index (χ0) is 13.9. The number of hydrogen-bond acceptors (Lipinski definition) is 4. The molecule has 0 fully saturated rings. The molecule has 0 spiro atoms. The number of hydrogen-bond donors (Lipinski definition) is 0. The van der Waals surface area contributed by atoms with E-state index >= 15 is 0 Å². The van der Waals surface area contributed by atoms with E-state index in [1.807, 2.05) is 26.1 Å². The van der Waals surface area contributed by atoms with Crippen LogP contribution >= 0.6 is 0 Å². The fourth-order valence-electron chi connectivity index (χ4n) is 3.30. The van der Waals surface area contributed by atoms with Crippen LogP contribution in [0.5, 0.6) is 5.75 Å². The highest BCUT2D eigenvalue weighted by atomic mass is 16.5. The summed E-state index contributed by atoms with van der Waals surface area (Å²) >= 11 is 0. The summed E-state index contributed by atoms with van der Waals surface area (Å²) in [5.41, 5.74) is 3.56. The number of ether oxygens (including phenoxy) is 1. The molecule has 1 aromatic heterocycles. The molecule has 2 aliphatic rings. The summed E-state index contributed by atoms with van der Waals surface area (Å²) in [5.74, 6) is 0.760. The highest BCUT2D eigenvalue weighted by Gasteiger charge is 2.40. The van der Waals surface area contributed by atoms with Crippen molar-refractivity contribution in [2.45, 2.75) is 25.5 Å². The second kappa shape index (κ2) is 3.88. The Morgan fingerprint density at radius 1 is 1.30 bits per heavy atom. The second-order valence-corrected chi connectivity index (χ2v) is 5.48. The predicted molar refractivity (Wildman–Crippen MR) is 75.4 cm³/mol. The van der Waals surface area contributed by atoms with Crippen molar-refractivity contribution in [2.24, 2.45) is 0 Å². The van der Waals surface area contributed by atoms with E-state index in [1.54, 1.807) is 0 Å². The van der Waals surface area contributed by atoms with Crippen molar-refractivity contribution in [1.82, 2.24) is 0 Å². The molecule has 2 aliphatic heterocycles. The van der Waals surface area contributed by atoms with Crippen LogP contribution in [0.25, 0.3) is 0 Å². The largest absolute Gasteiger partial charge is 0.470 e. The SMILES string of the molecule is Cc1coc(=O)c2c1OC1CC2c2ccccc2N1C. The summed E-state index contributed by atoms with van der Waals surface area (Å²) in [6.45, 7) is 1.91. The van der Waals surface area contributed by atoms with Crippen molar-refractivity contribution in [3.63, 3.8) is 0 Å². The average molecular weight is 269 g/mol. The maximum atomic E-state index is 12.1. The van der Waals surface area contributed by atoms with E-state index in [1.165, 1.54) is 11.8 Å². The van der Waals surface area contributed by atoms with Gasteiger partial charge < -0.3 is 14.1 Å².